The van der Waals surface area contributed by atoms with E-state index in [1.54, 1.807) is 32.4 Å². The molecule has 1 aliphatic rings. The van der Waals surface area contributed by atoms with Crippen LogP contribution < -0.4 is 9.47 Å². The van der Waals surface area contributed by atoms with Crippen molar-refractivity contribution in [2.45, 2.75) is 19.3 Å². The average Bonchev–Trinajstić information content (AvgIpc) is 2.55. The molecule has 4 nitrogen and oxygen atoms in total. The Kier molecular flexibility index (Phi) is 6.26. The lowest BCUT2D eigenvalue weighted by molar-refractivity contribution is 0.102. The highest BCUT2D eigenvalue weighted by Crippen LogP contribution is 2.30. The molecule has 120 valence electrons. The molecule has 1 aromatic rings. The summed E-state index contributed by atoms with van der Waals surface area (Å²) in [7, 11) is 3.15. The van der Waals surface area contributed by atoms with Crippen molar-refractivity contribution < 1.29 is 14.3 Å². The van der Waals surface area contributed by atoms with E-state index in [0.717, 1.165) is 32.4 Å². The van der Waals surface area contributed by atoms with Gasteiger partial charge in [-0.3, -0.25) is 4.79 Å². The molecule has 0 radical (unpaired) electrons. The molecule has 0 aliphatic carbocycles. The number of carbonyl (C=O) groups excluding carboxylic acids is 1. The summed E-state index contributed by atoms with van der Waals surface area (Å²) < 4.78 is 12.8. The maximum atomic E-state index is 12.5. The van der Waals surface area contributed by atoms with Crippen molar-refractivity contribution >= 4 is 28.6 Å². The van der Waals surface area contributed by atoms with Gasteiger partial charge in [0.2, 0.25) is 0 Å². The van der Waals surface area contributed by atoms with Crippen LogP contribution in [0.1, 0.15) is 29.6 Å². The zero-order valence-electron chi connectivity index (χ0n) is 13.1. The molecule has 1 aliphatic heterocycles. The lowest BCUT2D eigenvalue weighted by Gasteiger charge is -2.27. The second-order valence-corrected chi connectivity index (χ2v) is 6.92. The van der Waals surface area contributed by atoms with E-state index in [4.69, 9.17) is 9.47 Å². The number of hydrogen-bond acceptors (Lipinski definition) is 4. The number of ether oxygens (including phenoxy) is 2. The van der Waals surface area contributed by atoms with Gasteiger partial charge in [0.25, 0.3) is 0 Å². The number of ketones is 1. The lowest BCUT2D eigenvalue weighted by atomic mass is 9.88. The number of methoxy groups -OCH3 is 2. The quantitative estimate of drug-likeness (QED) is 0.306. The Morgan fingerprint density at radius 3 is 2.50 bits per heavy atom. The molecule has 0 unspecified atom stereocenters. The average molecular weight is 415 g/mol. The van der Waals surface area contributed by atoms with Gasteiger partial charge in [0, 0.05) is 41.5 Å². The molecule has 0 saturated carbocycles. The van der Waals surface area contributed by atoms with Gasteiger partial charge in [0.15, 0.2) is 17.3 Å². The predicted octanol–water partition coefficient (Wildman–Crippen LogP) is 3.89. The van der Waals surface area contributed by atoms with Gasteiger partial charge < -0.3 is 9.47 Å². The molecule has 0 N–H and O–H groups in total. The molecule has 0 amide bonds. The first-order valence-corrected chi connectivity index (χ1v) is 8.37. The van der Waals surface area contributed by atoms with Crippen molar-refractivity contribution in [2.75, 3.05) is 27.3 Å². The fourth-order valence-corrected chi connectivity index (χ4v) is 3.29. The number of benzene rings is 1. The van der Waals surface area contributed by atoms with Crippen molar-refractivity contribution in [3.8, 4) is 11.5 Å². The summed E-state index contributed by atoms with van der Waals surface area (Å²) in [5.41, 5.74) is 1.29. The highest BCUT2D eigenvalue weighted by molar-refractivity contribution is 14.1. The van der Waals surface area contributed by atoms with Gasteiger partial charge in [-0.15, -0.1) is 0 Å². The maximum absolute atomic E-state index is 12.5. The zero-order valence-corrected chi connectivity index (χ0v) is 15.3. The van der Waals surface area contributed by atoms with Gasteiger partial charge in [0.1, 0.15) is 0 Å². The van der Waals surface area contributed by atoms with Crippen molar-refractivity contribution in [3.63, 3.8) is 0 Å². The van der Waals surface area contributed by atoms with E-state index in [1.165, 1.54) is 0 Å². The largest absolute Gasteiger partial charge is 0.493 e. The van der Waals surface area contributed by atoms with Crippen molar-refractivity contribution in [1.29, 1.82) is 0 Å². The third-order valence-electron chi connectivity index (χ3n) is 4.06. The van der Waals surface area contributed by atoms with Crippen LogP contribution in [0.3, 0.4) is 0 Å². The molecule has 0 spiro atoms. The maximum Gasteiger partial charge on any atom is 0.188 e. The van der Waals surface area contributed by atoms with Crippen LogP contribution in [0.5, 0.6) is 11.5 Å². The van der Waals surface area contributed by atoms with Crippen LogP contribution in [0.15, 0.2) is 30.4 Å². The number of carbonyl (C=O) groups is 1. The summed E-state index contributed by atoms with van der Waals surface area (Å²) in [6, 6.07) is 5.25. The minimum Gasteiger partial charge on any atom is -0.493 e. The fraction of sp³-hybridized carbons (Fsp3) is 0.471. The van der Waals surface area contributed by atoms with Crippen molar-refractivity contribution in [3.05, 3.63) is 35.9 Å². The van der Waals surface area contributed by atoms with Crippen LogP contribution in [-0.4, -0.2) is 36.2 Å². The van der Waals surface area contributed by atoms with Crippen LogP contribution in [-0.2, 0) is 0 Å². The molecule has 0 aromatic heterocycles. The standard InChI is InChI=1S/C17H22INO3/c1-12(10-13-6-8-19(18)9-7-13)17(20)14-4-5-15(21-2)16(11-14)22-3/h4-5,11,13H,1,6-10H2,2-3H3. The zero-order chi connectivity index (χ0) is 16.1. The van der Waals surface area contributed by atoms with E-state index < -0.39 is 0 Å². The summed E-state index contributed by atoms with van der Waals surface area (Å²) in [5.74, 6) is 1.75. The van der Waals surface area contributed by atoms with Crippen LogP contribution >= 0.6 is 22.9 Å². The minimum atomic E-state index is -0.00199. The Hall–Kier alpha value is -1.08. The van der Waals surface area contributed by atoms with Crippen molar-refractivity contribution in [2.24, 2.45) is 5.92 Å². The van der Waals surface area contributed by atoms with E-state index in [2.05, 4.69) is 32.6 Å². The van der Waals surface area contributed by atoms with Crippen LogP contribution in [0.25, 0.3) is 0 Å². The van der Waals surface area contributed by atoms with Crippen LogP contribution in [0.4, 0.5) is 0 Å². The normalized spacial score (nSPS) is 16.3. The number of allylic oxidation sites excluding steroid dienone is 1. The first kappa shape index (κ1) is 17.3. The molecule has 1 fully saturated rings. The van der Waals surface area contributed by atoms with Crippen molar-refractivity contribution in [1.82, 2.24) is 3.11 Å². The van der Waals surface area contributed by atoms with Gasteiger partial charge in [-0.2, -0.15) is 0 Å². The first-order valence-electron chi connectivity index (χ1n) is 7.40. The number of Topliss-reactive ketones (excluding diaryl/α,β-unsaturated/α-hetero) is 1. The fourth-order valence-electron chi connectivity index (χ4n) is 2.73. The molecule has 1 saturated heterocycles. The molecule has 5 heteroatoms. The third kappa shape index (κ3) is 4.23. The number of hydrogen-bond donors (Lipinski definition) is 0. The number of piperidine rings is 1. The minimum absolute atomic E-state index is 0.00199. The summed E-state index contributed by atoms with van der Waals surface area (Å²) in [5, 5.41) is 0. The van der Waals surface area contributed by atoms with E-state index >= 15 is 0 Å². The predicted molar refractivity (Wildman–Crippen MR) is 96.0 cm³/mol. The number of rotatable bonds is 6. The summed E-state index contributed by atoms with van der Waals surface area (Å²) in [4.78, 5) is 12.5. The second-order valence-electron chi connectivity index (χ2n) is 5.56. The molecule has 1 heterocycles. The number of nitrogens with zero attached hydrogens (tertiary/aromatic N) is 1. The summed E-state index contributed by atoms with van der Waals surface area (Å²) in [6.45, 7) is 6.18. The second kappa shape index (κ2) is 7.97. The number of halogens is 1. The lowest BCUT2D eigenvalue weighted by Crippen LogP contribution is -2.26. The molecule has 2 rings (SSSR count). The van der Waals surface area contributed by atoms with E-state index in [9.17, 15) is 4.79 Å². The van der Waals surface area contributed by atoms with Crippen LogP contribution in [0.2, 0.25) is 0 Å². The molecule has 22 heavy (non-hydrogen) atoms. The molecule has 0 atom stereocenters. The van der Waals surface area contributed by atoms with E-state index in [1.807, 2.05) is 0 Å². The van der Waals surface area contributed by atoms with Gasteiger partial charge >= 0.3 is 0 Å². The SMILES string of the molecule is C=C(CC1CCN(I)CC1)C(=O)c1ccc(OC)c(OC)c1. The Morgan fingerprint density at radius 2 is 1.91 bits per heavy atom. The first-order chi connectivity index (χ1) is 10.5. The van der Waals surface area contributed by atoms with Gasteiger partial charge in [-0.05, 0) is 49.0 Å². The molecule has 1 aromatic carbocycles. The van der Waals surface area contributed by atoms with E-state index in [0.29, 0.717) is 28.6 Å². The van der Waals surface area contributed by atoms with Gasteiger partial charge in [-0.25, -0.2) is 3.11 Å². The van der Waals surface area contributed by atoms with Crippen LogP contribution in [0, 0.1) is 5.92 Å². The highest BCUT2D eigenvalue weighted by Gasteiger charge is 2.21. The molecular formula is C17H22INO3. The smallest absolute Gasteiger partial charge is 0.188 e. The Bertz CT molecular complexity index is 551. The molecular weight excluding hydrogens is 393 g/mol. The topological polar surface area (TPSA) is 38.8 Å². The molecule has 0 bridgehead atoms. The Balaban J connectivity index is 2.02. The highest BCUT2D eigenvalue weighted by atomic mass is 127. The Morgan fingerprint density at radius 1 is 1.27 bits per heavy atom. The van der Waals surface area contributed by atoms with E-state index in [-0.39, 0.29) is 5.78 Å². The summed E-state index contributed by atoms with van der Waals surface area (Å²) in [6.07, 6.45) is 3.03. The van der Waals surface area contributed by atoms with Gasteiger partial charge in [0.05, 0.1) is 14.2 Å². The third-order valence-corrected chi connectivity index (χ3v) is 5.03. The summed E-state index contributed by atoms with van der Waals surface area (Å²) >= 11 is 2.36. The Labute approximate surface area is 146 Å². The monoisotopic (exact) mass is 415 g/mol. The van der Waals surface area contributed by atoms with Gasteiger partial charge in [-0.1, -0.05) is 6.58 Å².